The lowest BCUT2D eigenvalue weighted by Crippen LogP contribution is -2.52. The molecule has 0 aromatic rings. The summed E-state index contributed by atoms with van der Waals surface area (Å²) < 4.78 is 74.4. The highest BCUT2D eigenvalue weighted by Crippen LogP contribution is 2.39. The summed E-state index contributed by atoms with van der Waals surface area (Å²) >= 11 is 5.62. The lowest BCUT2D eigenvalue weighted by Gasteiger charge is -2.32. The fourth-order valence-electron chi connectivity index (χ4n) is 2.33. The average molecular weight is 326 g/mol. The molecular weight excluding hydrogens is 312 g/mol. The number of amides is 1. The Bertz CT molecular complexity index is 329. The van der Waals surface area contributed by atoms with Crippen molar-refractivity contribution < 1.29 is 31.1 Å². The number of carbonyl (C=O) groups excluding carboxylic acids is 1. The van der Waals surface area contributed by atoms with Crippen LogP contribution < -0.4 is 5.32 Å². The summed E-state index contributed by atoms with van der Waals surface area (Å²) in [6.07, 6.45) is -8.96. The van der Waals surface area contributed by atoms with Crippen LogP contribution in [0.2, 0.25) is 0 Å². The van der Waals surface area contributed by atoms with Crippen LogP contribution in [-0.2, 0) is 4.79 Å². The van der Waals surface area contributed by atoms with Crippen molar-refractivity contribution in [1.82, 2.24) is 5.32 Å². The van der Waals surface area contributed by atoms with Crippen molar-refractivity contribution in [2.24, 2.45) is 11.8 Å². The van der Waals surface area contributed by atoms with Crippen LogP contribution in [0.4, 0.5) is 26.3 Å². The molecule has 1 fully saturated rings. The first-order valence-corrected chi connectivity index (χ1v) is 6.60. The minimum absolute atomic E-state index is 0.0909. The van der Waals surface area contributed by atoms with Crippen LogP contribution in [0.25, 0.3) is 0 Å². The van der Waals surface area contributed by atoms with E-state index in [4.69, 9.17) is 11.6 Å². The molecule has 0 bridgehead atoms. The van der Waals surface area contributed by atoms with Crippen molar-refractivity contribution in [2.45, 2.75) is 44.1 Å². The molecule has 2 unspecified atom stereocenters. The van der Waals surface area contributed by atoms with Gasteiger partial charge in [-0.05, 0) is 18.8 Å². The van der Waals surface area contributed by atoms with Gasteiger partial charge >= 0.3 is 12.4 Å². The first-order valence-electron chi connectivity index (χ1n) is 6.07. The molecule has 0 aromatic heterocycles. The van der Waals surface area contributed by atoms with E-state index in [1.54, 1.807) is 0 Å². The van der Waals surface area contributed by atoms with E-state index in [0.29, 0.717) is 19.3 Å². The molecule has 1 saturated carbocycles. The van der Waals surface area contributed by atoms with Gasteiger partial charge in [-0.2, -0.15) is 26.3 Å². The van der Waals surface area contributed by atoms with E-state index in [1.807, 2.05) is 5.32 Å². The van der Waals surface area contributed by atoms with Gasteiger partial charge in [0.05, 0.1) is 0 Å². The predicted molar refractivity (Wildman–Crippen MR) is 60.2 cm³/mol. The summed E-state index contributed by atoms with van der Waals surface area (Å²) in [5, 5.41) is 1.87. The zero-order chi connectivity index (χ0) is 15.6. The topological polar surface area (TPSA) is 29.1 Å². The molecule has 2 nitrogen and oxygen atoms in total. The number of alkyl halides is 7. The Morgan fingerprint density at radius 1 is 1.10 bits per heavy atom. The van der Waals surface area contributed by atoms with Gasteiger partial charge < -0.3 is 5.32 Å². The minimum Gasteiger partial charge on any atom is -0.352 e. The van der Waals surface area contributed by atoms with Crippen molar-refractivity contribution in [2.75, 3.05) is 5.88 Å². The summed E-state index contributed by atoms with van der Waals surface area (Å²) in [4.78, 5) is 11.4. The Morgan fingerprint density at radius 3 is 2.05 bits per heavy atom. The van der Waals surface area contributed by atoms with Crippen LogP contribution in [0.15, 0.2) is 0 Å². The number of hydrogen-bond donors (Lipinski definition) is 1. The molecule has 1 amide bonds. The van der Waals surface area contributed by atoms with E-state index in [-0.39, 0.29) is 11.8 Å². The van der Waals surface area contributed by atoms with Gasteiger partial charge in [0.15, 0.2) is 0 Å². The van der Waals surface area contributed by atoms with Crippen molar-refractivity contribution in [3.63, 3.8) is 0 Å². The molecule has 9 heteroatoms. The van der Waals surface area contributed by atoms with Crippen molar-refractivity contribution in [3.05, 3.63) is 0 Å². The maximum absolute atomic E-state index is 12.4. The van der Waals surface area contributed by atoms with Gasteiger partial charge in [-0.3, -0.25) is 4.79 Å². The standard InChI is InChI=1S/C11H14ClF6NO/c12-5-6-3-1-2-4-7(6)19-9(20)8(10(13,14)15)11(16,17)18/h6-8H,1-5H2,(H,19,20). The third kappa shape index (κ3) is 4.43. The summed E-state index contributed by atoms with van der Waals surface area (Å²) in [6.45, 7) is 0. The third-order valence-corrected chi connectivity index (χ3v) is 3.75. The first-order chi connectivity index (χ1) is 9.07. The molecule has 0 spiro atoms. The molecule has 20 heavy (non-hydrogen) atoms. The second-order valence-electron chi connectivity index (χ2n) is 4.83. The Labute approximate surface area is 116 Å². The molecule has 0 aromatic carbocycles. The molecule has 1 N–H and O–H groups in total. The summed E-state index contributed by atoms with van der Waals surface area (Å²) in [5.74, 6) is -6.25. The largest absolute Gasteiger partial charge is 0.409 e. The van der Waals surface area contributed by atoms with E-state index in [0.717, 1.165) is 6.42 Å². The summed E-state index contributed by atoms with van der Waals surface area (Å²) in [5.41, 5.74) is 0. The van der Waals surface area contributed by atoms with Gasteiger partial charge in [0.2, 0.25) is 11.8 Å². The molecule has 0 heterocycles. The zero-order valence-corrected chi connectivity index (χ0v) is 11.1. The van der Waals surface area contributed by atoms with Crippen LogP contribution in [-0.4, -0.2) is 30.2 Å². The smallest absolute Gasteiger partial charge is 0.352 e. The van der Waals surface area contributed by atoms with E-state index in [2.05, 4.69) is 0 Å². The van der Waals surface area contributed by atoms with E-state index < -0.39 is 30.2 Å². The number of rotatable bonds is 3. The second-order valence-corrected chi connectivity index (χ2v) is 5.14. The first kappa shape index (κ1) is 17.4. The second kappa shape index (κ2) is 6.41. The monoisotopic (exact) mass is 325 g/mol. The normalized spacial score (nSPS) is 24.8. The quantitative estimate of drug-likeness (QED) is 0.623. The van der Waals surface area contributed by atoms with Gasteiger partial charge in [0, 0.05) is 11.9 Å². The number of hydrogen-bond acceptors (Lipinski definition) is 1. The van der Waals surface area contributed by atoms with E-state index in [1.165, 1.54) is 0 Å². The minimum atomic E-state index is -5.66. The van der Waals surface area contributed by atoms with Crippen LogP contribution in [0.5, 0.6) is 0 Å². The highest BCUT2D eigenvalue weighted by atomic mass is 35.5. The fraction of sp³-hybridized carbons (Fsp3) is 0.909. The lowest BCUT2D eigenvalue weighted by molar-refractivity contribution is -0.274. The molecule has 0 saturated heterocycles. The molecule has 1 rings (SSSR count). The van der Waals surface area contributed by atoms with E-state index in [9.17, 15) is 31.1 Å². The Hall–Kier alpha value is -0.660. The SMILES string of the molecule is O=C(NC1CCCCC1CCl)C(C(F)(F)F)C(F)(F)F. The van der Waals surface area contributed by atoms with Gasteiger partial charge in [-0.1, -0.05) is 12.8 Å². The van der Waals surface area contributed by atoms with Crippen LogP contribution in [0.1, 0.15) is 25.7 Å². The highest BCUT2D eigenvalue weighted by molar-refractivity contribution is 6.18. The average Bonchev–Trinajstić information content (AvgIpc) is 2.25. The Balaban J connectivity index is 2.81. The van der Waals surface area contributed by atoms with Crippen molar-refractivity contribution in [1.29, 1.82) is 0 Å². The summed E-state index contributed by atoms with van der Waals surface area (Å²) in [7, 11) is 0. The number of carbonyl (C=O) groups is 1. The number of nitrogens with one attached hydrogen (secondary N) is 1. The predicted octanol–water partition coefficient (Wildman–Crippen LogP) is 3.64. The van der Waals surface area contributed by atoms with Crippen LogP contribution >= 0.6 is 11.6 Å². The Kier molecular flexibility index (Phi) is 5.57. The van der Waals surface area contributed by atoms with Gasteiger partial charge in [0.25, 0.3) is 0 Å². The fourth-order valence-corrected chi connectivity index (χ4v) is 2.70. The van der Waals surface area contributed by atoms with Gasteiger partial charge in [0.1, 0.15) is 0 Å². The van der Waals surface area contributed by atoms with Crippen molar-refractivity contribution in [3.8, 4) is 0 Å². The van der Waals surface area contributed by atoms with Crippen LogP contribution in [0, 0.1) is 11.8 Å². The molecule has 2 atom stereocenters. The molecular formula is C11H14ClF6NO. The summed E-state index contributed by atoms with van der Waals surface area (Å²) in [6, 6.07) is -0.735. The highest BCUT2D eigenvalue weighted by Gasteiger charge is 2.61. The molecule has 0 radical (unpaired) electrons. The molecule has 118 valence electrons. The third-order valence-electron chi connectivity index (χ3n) is 3.35. The lowest BCUT2D eigenvalue weighted by atomic mass is 9.85. The molecule has 1 aliphatic carbocycles. The van der Waals surface area contributed by atoms with Gasteiger partial charge in [-0.15, -0.1) is 11.6 Å². The van der Waals surface area contributed by atoms with E-state index >= 15 is 0 Å². The maximum Gasteiger partial charge on any atom is 0.409 e. The van der Waals surface area contributed by atoms with Crippen LogP contribution in [0.3, 0.4) is 0 Å². The maximum atomic E-state index is 12.4. The molecule has 1 aliphatic rings. The van der Waals surface area contributed by atoms with Gasteiger partial charge in [-0.25, -0.2) is 0 Å². The zero-order valence-electron chi connectivity index (χ0n) is 10.3. The molecule has 0 aliphatic heterocycles. The van der Waals surface area contributed by atoms with Crippen molar-refractivity contribution >= 4 is 17.5 Å². The number of halogens is 7. The Morgan fingerprint density at radius 2 is 1.60 bits per heavy atom.